The number of sulfonamides is 1. The topological polar surface area (TPSA) is 81.4 Å². The molecule has 0 aromatic heterocycles. The fourth-order valence-electron chi connectivity index (χ4n) is 2.65. The second-order valence-corrected chi connectivity index (χ2v) is 7.45. The molecule has 1 fully saturated rings. The molecule has 0 aliphatic heterocycles. The minimum absolute atomic E-state index is 0.245. The summed E-state index contributed by atoms with van der Waals surface area (Å²) in [5, 5.41) is 0. The number of anilines is 1. The summed E-state index contributed by atoms with van der Waals surface area (Å²) < 4.78 is 32.0. The zero-order valence-electron chi connectivity index (χ0n) is 12.3. The normalized spacial score (nSPS) is 16.8. The Morgan fingerprint density at radius 2 is 1.81 bits per heavy atom. The van der Waals surface area contributed by atoms with Crippen LogP contribution in [0.1, 0.15) is 32.1 Å². The first kappa shape index (κ1) is 16.1. The number of rotatable bonds is 7. The van der Waals surface area contributed by atoms with Crippen LogP contribution in [-0.4, -0.2) is 27.3 Å². The third kappa shape index (κ3) is 5.93. The number of hydrogen-bond acceptors (Lipinski definition) is 4. The van der Waals surface area contributed by atoms with Crippen LogP contribution >= 0.6 is 0 Å². The van der Waals surface area contributed by atoms with Crippen LogP contribution in [0, 0.1) is 5.92 Å². The molecular weight excluding hydrogens is 288 g/mol. The summed E-state index contributed by atoms with van der Waals surface area (Å²) >= 11 is 0. The molecule has 5 nitrogen and oxygen atoms in total. The molecule has 0 radical (unpaired) electrons. The maximum atomic E-state index is 12.0. The second kappa shape index (κ2) is 7.66. The standard InChI is InChI=1S/C15H24N2O3S/c16-14-6-8-15(9-7-14)20-11-10-17-21(18,19)12-13-4-2-1-3-5-13/h6-9,13,17H,1-5,10-12,16H2. The molecule has 1 aliphatic carbocycles. The van der Waals surface area contributed by atoms with E-state index in [1.807, 2.05) is 0 Å². The van der Waals surface area contributed by atoms with Gasteiger partial charge < -0.3 is 10.5 Å². The number of nitrogens with one attached hydrogen (secondary N) is 1. The molecule has 0 atom stereocenters. The first-order valence-corrected chi connectivity index (χ1v) is 9.16. The lowest BCUT2D eigenvalue weighted by molar-refractivity contribution is 0.322. The van der Waals surface area contributed by atoms with E-state index in [4.69, 9.17) is 10.5 Å². The van der Waals surface area contributed by atoms with E-state index < -0.39 is 10.0 Å². The maximum absolute atomic E-state index is 12.0. The van der Waals surface area contributed by atoms with Crippen LogP contribution < -0.4 is 15.2 Å². The van der Waals surface area contributed by atoms with Crippen LogP contribution in [0.3, 0.4) is 0 Å². The molecule has 0 unspecified atom stereocenters. The average molecular weight is 312 g/mol. The Balaban J connectivity index is 1.68. The maximum Gasteiger partial charge on any atom is 0.211 e. The van der Waals surface area contributed by atoms with Gasteiger partial charge in [0.05, 0.1) is 5.75 Å². The number of nitrogens with two attached hydrogens (primary N) is 1. The van der Waals surface area contributed by atoms with E-state index in [1.165, 1.54) is 6.42 Å². The van der Waals surface area contributed by atoms with Gasteiger partial charge in [-0.05, 0) is 43.0 Å². The highest BCUT2D eigenvalue weighted by Gasteiger charge is 2.20. The number of nitrogen functional groups attached to an aromatic ring is 1. The number of benzene rings is 1. The molecule has 3 N–H and O–H groups in total. The van der Waals surface area contributed by atoms with Gasteiger partial charge in [-0.2, -0.15) is 0 Å². The average Bonchev–Trinajstić information content (AvgIpc) is 2.46. The molecule has 0 spiro atoms. The van der Waals surface area contributed by atoms with Crippen LogP contribution in [0.4, 0.5) is 5.69 Å². The van der Waals surface area contributed by atoms with Crippen LogP contribution in [-0.2, 0) is 10.0 Å². The van der Waals surface area contributed by atoms with Gasteiger partial charge in [0.2, 0.25) is 10.0 Å². The Bertz CT molecular complexity index is 522. The monoisotopic (exact) mass is 312 g/mol. The lowest BCUT2D eigenvalue weighted by Gasteiger charge is -2.21. The molecule has 1 saturated carbocycles. The van der Waals surface area contributed by atoms with Crippen LogP contribution in [0.2, 0.25) is 0 Å². The molecular formula is C15H24N2O3S. The largest absolute Gasteiger partial charge is 0.492 e. The molecule has 0 saturated heterocycles. The zero-order chi connectivity index (χ0) is 15.1. The third-order valence-corrected chi connectivity index (χ3v) is 5.31. The van der Waals surface area contributed by atoms with Crippen molar-refractivity contribution < 1.29 is 13.2 Å². The second-order valence-electron chi connectivity index (χ2n) is 5.60. The SMILES string of the molecule is Nc1ccc(OCCNS(=O)(=O)CC2CCCCC2)cc1. The van der Waals surface area contributed by atoms with Crippen molar-refractivity contribution in [3.8, 4) is 5.75 Å². The van der Waals surface area contributed by atoms with Gasteiger partial charge >= 0.3 is 0 Å². The predicted molar refractivity (Wildman–Crippen MR) is 84.7 cm³/mol. The van der Waals surface area contributed by atoms with Gasteiger partial charge in [-0.25, -0.2) is 13.1 Å². The summed E-state index contributed by atoms with van der Waals surface area (Å²) in [6.07, 6.45) is 5.60. The molecule has 21 heavy (non-hydrogen) atoms. The molecule has 6 heteroatoms. The summed E-state index contributed by atoms with van der Waals surface area (Å²) in [6.45, 7) is 0.604. The third-order valence-electron chi connectivity index (χ3n) is 3.75. The first-order chi connectivity index (χ1) is 10.1. The summed E-state index contributed by atoms with van der Waals surface area (Å²) in [5.74, 6) is 1.25. The Hall–Kier alpha value is -1.27. The van der Waals surface area contributed by atoms with Crippen LogP contribution in [0.5, 0.6) is 5.75 Å². The van der Waals surface area contributed by atoms with Crippen molar-refractivity contribution in [1.82, 2.24) is 4.72 Å². The Kier molecular flexibility index (Phi) is 5.87. The smallest absolute Gasteiger partial charge is 0.211 e. The summed E-state index contributed by atoms with van der Waals surface area (Å²) in [5.41, 5.74) is 6.26. The van der Waals surface area contributed by atoms with Crippen LogP contribution in [0.25, 0.3) is 0 Å². The fourth-order valence-corrected chi connectivity index (χ4v) is 4.12. The van der Waals surface area contributed by atoms with Crippen molar-refractivity contribution in [3.05, 3.63) is 24.3 Å². The van der Waals surface area contributed by atoms with Gasteiger partial charge in [0, 0.05) is 12.2 Å². The number of ether oxygens (including phenoxy) is 1. The number of hydrogen-bond donors (Lipinski definition) is 2. The van der Waals surface area contributed by atoms with E-state index in [1.54, 1.807) is 24.3 Å². The molecule has 118 valence electrons. The Labute approximate surface area is 126 Å². The quantitative estimate of drug-likeness (QED) is 0.597. The lowest BCUT2D eigenvalue weighted by atomic mass is 9.91. The van der Waals surface area contributed by atoms with Crippen molar-refractivity contribution in [2.45, 2.75) is 32.1 Å². The van der Waals surface area contributed by atoms with Crippen LogP contribution in [0.15, 0.2) is 24.3 Å². The first-order valence-electron chi connectivity index (χ1n) is 7.51. The van der Waals surface area contributed by atoms with Gasteiger partial charge in [-0.1, -0.05) is 19.3 Å². The summed E-state index contributed by atoms with van der Waals surface area (Å²) in [6, 6.07) is 7.04. The molecule has 2 rings (SSSR count). The van der Waals surface area contributed by atoms with E-state index in [0.717, 1.165) is 25.7 Å². The van der Waals surface area contributed by atoms with E-state index in [9.17, 15) is 8.42 Å². The van der Waals surface area contributed by atoms with Gasteiger partial charge in [0.25, 0.3) is 0 Å². The van der Waals surface area contributed by atoms with Gasteiger partial charge in [-0.3, -0.25) is 0 Å². The van der Waals surface area contributed by atoms with E-state index in [0.29, 0.717) is 30.5 Å². The van der Waals surface area contributed by atoms with E-state index >= 15 is 0 Å². The van der Waals surface area contributed by atoms with Crippen molar-refractivity contribution in [2.75, 3.05) is 24.6 Å². The highest BCUT2D eigenvalue weighted by atomic mass is 32.2. The minimum atomic E-state index is -3.19. The fraction of sp³-hybridized carbons (Fsp3) is 0.600. The molecule has 1 aliphatic rings. The van der Waals surface area contributed by atoms with Gasteiger partial charge in [-0.15, -0.1) is 0 Å². The van der Waals surface area contributed by atoms with E-state index in [2.05, 4.69) is 4.72 Å². The summed E-state index contributed by atoms with van der Waals surface area (Å²) in [4.78, 5) is 0. The Morgan fingerprint density at radius 1 is 1.14 bits per heavy atom. The predicted octanol–water partition coefficient (Wildman–Crippen LogP) is 2.15. The molecule has 1 aromatic rings. The van der Waals surface area contributed by atoms with Gasteiger partial charge in [0.15, 0.2) is 0 Å². The molecule has 1 aromatic carbocycles. The molecule has 0 amide bonds. The highest BCUT2D eigenvalue weighted by Crippen LogP contribution is 2.24. The van der Waals surface area contributed by atoms with Crippen molar-refractivity contribution in [2.24, 2.45) is 5.92 Å². The zero-order valence-corrected chi connectivity index (χ0v) is 13.1. The molecule has 0 heterocycles. The van der Waals surface area contributed by atoms with Crippen molar-refractivity contribution >= 4 is 15.7 Å². The molecule has 0 bridgehead atoms. The summed E-state index contributed by atoms with van der Waals surface area (Å²) in [7, 11) is -3.19. The Morgan fingerprint density at radius 3 is 2.48 bits per heavy atom. The lowest BCUT2D eigenvalue weighted by Crippen LogP contribution is -2.33. The van der Waals surface area contributed by atoms with Crippen molar-refractivity contribution in [3.63, 3.8) is 0 Å². The highest BCUT2D eigenvalue weighted by molar-refractivity contribution is 7.89. The van der Waals surface area contributed by atoms with E-state index in [-0.39, 0.29) is 5.75 Å². The van der Waals surface area contributed by atoms with Gasteiger partial charge in [0.1, 0.15) is 12.4 Å². The van der Waals surface area contributed by atoms with Crippen molar-refractivity contribution in [1.29, 1.82) is 0 Å². The minimum Gasteiger partial charge on any atom is -0.492 e.